The number of nitrogen functional groups attached to an aromatic ring is 1. The number of carbonyl (C=O) groups excluding carboxylic acids is 1. The van der Waals surface area contributed by atoms with E-state index in [2.05, 4.69) is 10.3 Å². The summed E-state index contributed by atoms with van der Waals surface area (Å²) in [5.74, 6) is 1.02. The fourth-order valence-electron chi connectivity index (χ4n) is 1.41. The van der Waals surface area contributed by atoms with Crippen LogP contribution in [0.4, 0.5) is 5.82 Å². The van der Waals surface area contributed by atoms with Crippen molar-refractivity contribution in [2.75, 3.05) is 25.5 Å². The molecule has 1 aromatic heterocycles. The van der Waals surface area contributed by atoms with Crippen LogP contribution in [0.1, 0.15) is 23.2 Å². The van der Waals surface area contributed by atoms with E-state index in [0.29, 0.717) is 24.5 Å². The Balaban J connectivity index is 1.64. The maximum Gasteiger partial charge on any atom is 0.252 e. The molecular weight excluding hydrogens is 218 g/mol. The molecule has 0 aliphatic heterocycles. The van der Waals surface area contributed by atoms with Crippen LogP contribution in [0.15, 0.2) is 18.3 Å². The average Bonchev–Trinajstić information content (AvgIpc) is 3.13. The predicted molar refractivity (Wildman–Crippen MR) is 64.5 cm³/mol. The molecule has 0 bridgehead atoms. The predicted octanol–water partition coefficient (Wildman–Crippen LogP) is 0.820. The van der Waals surface area contributed by atoms with Crippen molar-refractivity contribution < 1.29 is 9.53 Å². The quantitative estimate of drug-likeness (QED) is 0.716. The van der Waals surface area contributed by atoms with E-state index in [1.807, 2.05) is 0 Å². The zero-order chi connectivity index (χ0) is 12.1. The standard InChI is InChI=1S/C12H17N3O2/c13-11-4-3-10(7-15-11)12(16)14-5-6-17-8-9-1-2-9/h3-4,7,9H,1-2,5-6,8H2,(H2,13,15)(H,14,16). The SMILES string of the molecule is Nc1ccc(C(=O)NCCOCC2CC2)cn1. The van der Waals surface area contributed by atoms with Crippen LogP contribution < -0.4 is 11.1 Å². The van der Waals surface area contributed by atoms with Gasteiger partial charge < -0.3 is 15.8 Å². The molecular formula is C12H17N3O2. The average molecular weight is 235 g/mol. The van der Waals surface area contributed by atoms with Gasteiger partial charge in [0, 0.05) is 19.3 Å². The van der Waals surface area contributed by atoms with Crippen LogP contribution in [-0.4, -0.2) is 30.6 Å². The minimum absolute atomic E-state index is 0.146. The normalized spacial score (nSPS) is 14.6. The summed E-state index contributed by atoms with van der Waals surface area (Å²) in [7, 11) is 0. The number of nitrogens with one attached hydrogen (secondary N) is 1. The van der Waals surface area contributed by atoms with E-state index in [-0.39, 0.29) is 5.91 Å². The van der Waals surface area contributed by atoms with E-state index in [4.69, 9.17) is 10.5 Å². The second-order valence-corrected chi connectivity index (χ2v) is 4.25. The van der Waals surface area contributed by atoms with Gasteiger partial charge in [-0.1, -0.05) is 0 Å². The Morgan fingerprint density at radius 3 is 3.00 bits per heavy atom. The van der Waals surface area contributed by atoms with E-state index in [1.165, 1.54) is 19.0 Å². The topological polar surface area (TPSA) is 77.2 Å². The fourth-order valence-corrected chi connectivity index (χ4v) is 1.41. The first-order chi connectivity index (χ1) is 8.25. The van der Waals surface area contributed by atoms with Crippen LogP contribution in [0.25, 0.3) is 0 Å². The molecule has 0 radical (unpaired) electrons. The van der Waals surface area contributed by atoms with E-state index in [9.17, 15) is 4.79 Å². The van der Waals surface area contributed by atoms with Crippen molar-refractivity contribution in [3.63, 3.8) is 0 Å². The van der Waals surface area contributed by atoms with Crippen molar-refractivity contribution in [1.82, 2.24) is 10.3 Å². The molecule has 1 heterocycles. The number of rotatable bonds is 6. The molecule has 3 N–H and O–H groups in total. The highest BCUT2D eigenvalue weighted by Crippen LogP contribution is 2.28. The monoisotopic (exact) mass is 235 g/mol. The molecule has 1 amide bonds. The Morgan fingerprint density at radius 2 is 2.35 bits per heavy atom. The lowest BCUT2D eigenvalue weighted by atomic mass is 10.2. The van der Waals surface area contributed by atoms with E-state index >= 15 is 0 Å². The number of hydrogen-bond acceptors (Lipinski definition) is 4. The molecule has 0 atom stereocenters. The highest BCUT2D eigenvalue weighted by atomic mass is 16.5. The first-order valence-corrected chi connectivity index (χ1v) is 5.83. The third-order valence-corrected chi connectivity index (χ3v) is 2.63. The Kier molecular flexibility index (Phi) is 3.93. The minimum atomic E-state index is -0.146. The summed E-state index contributed by atoms with van der Waals surface area (Å²) in [6, 6.07) is 3.27. The Bertz CT molecular complexity index is 374. The first-order valence-electron chi connectivity index (χ1n) is 5.83. The lowest BCUT2D eigenvalue weighted by Gasteiger charge is -2.05. The number of hydrogen-bond donors (Lipinski definition) is 2. The van der Waals surface area contributed by atoms with Gasteiger partial charge in [0.25, 0.3) is 5.91 Å². The molecule has 92 valence electrons. The van der Waals surface area contributed by atoms with Gasteiger partial charge in [-0.15, -0.1) is 0 Å². The van der Waals surface area contributed by atoms with E-state index in [0.717, 1.165) is 12.5 Å². The number of anilines is 1. The van der Waals surface area contributed by atoms with Gasteiger partial charge in [-0.25, -0.2) is 4.98 Å². The van der Waals surface area contributed by atoms with Gasteiger partial charge in [0.15, 0.2) is 0 Å². The summed E-state index contributed by atoms with van der Waals surface area (Å²) in [5, 5.41) is 2.77. The summed E-state index contributed by atoms with van der Waals surface area (Å²) in [5.41, 5.74) is 5.95. The van der Waals surface area contributed by atoms with Gasteiger partial charge in [0.1, 0.15) is 5.82 Å². The van der Waals surface area contributed by atoms with Crippen molar-refractivity contribution >= 4 is 11.7 Å². The van der Waals surface area contributed by atoms with Crippen molar-refractivity contribution in [2.45, 2.75) is 12.8 Å². The fraction of sp³-hybridized carbons (Fsp3) is 0.500. The molecule has 1 saturated carbocycles. The zero-order valence-corrected chi connectivity index (χ0v) is 9.69. The summed E-state index contributed by atoms with van der Waals surface area (Å²) in [4.78, 5) is 15.5. The number of carbonyl (C=O) groups is 1. The summed E-state index contributed by atoms with van der Waals surface area (Å²) < 4.78 is 5.41. The molecule has 1 aliphatic carbocycles. The molecule has 17 heavy (non-hydrogen) atoms. The van der Waals surface area contributed by atoms with Crippen molar-refractivity contribution in [3.8, 4) is 0 Å². The molecule has 5 heteroatoms. The zero-order valence-electron chi connectivity index (χ0n) is 9.69. The van der Waals surface area contributed by atoms with Crippen molar-refractivity contribution in [2.24, 2.45) is 5.92 Å². The second kappa shape index (κ2) is 5.63. The smallest absolute Gasteiger partial charge is 0.252 e. The van der Waals surface area contributed by atoms with Gasteiger partial charge in [0.2, 0.25) is 0 Å². The second-order valence-electron chi connectivity index (χ2n) is 4.25. The van der Waals surface area contributed by atoms with E-state index < -0.39 is 0 Å². The van der Waals surface area contributed by atoms with Crippen LogP contribution in [0, 0.1) is 5.92 Å². The number of nitrogens with zero attached hydrogens (tertiary/aromatic N) is 1. The molecule has 0 unspecified atom stereocenters. The van der Waals surface area contributed by atoms with E-state index in [1.54, 1.807) is 12.1 Å². The Hall–Kier alpha value is -1.62. The first kappa shape index (κ1) is 11.9. The maximum absolute atomic E-state index is 11.6. The van der Waals surface area contributed by atoms with Crippen LogP contribution in [0.5, 0.6) is 0 Å². The molecule has 0 aromatic carbocycles. The van der Waals surface area contributed by atoms with Crippen molar-refractivity contribution in [3.05, 3.63) is 23.9 Å². The Morgan fingerprint density at radius 1 is 1.53 bits per heavy atom. The minimum Gasteiger partial charge on any atom is -0.384 e. The lowest BCUT2D eigenvalue weighted by Crippen LogP contribution is -2.27. The van der Waals surface area contributed by atoms with Crippen LogP contribution >= 0.6 is 0 Å². The summed E-state index contributed by atoms with van der Waals surface area (Å²) >= 11 is 0. The molecule has 2 rings (SSSR count). The Labute approximate surface area is 100 Å². The number of amides is 1. The summed E-state index contributed by atoms with van der Waals surface area (Å²) in [6.45, 7) is 1.90. The van der Waals surface area contributed by atoms with Crippen LogP contribution in [-0.2, 0) is 4.74 Å². The molecule has 5 nitrogen and oxygen atoms in total. The largest absolute Gasteiger partial charge is 0.384 e. The maximum atomic E-state index is 11.6. The molecule has 0 saturated heterocycles. The number of ether oxygens (including phenoxy) is 1. The molecule has 1 fully saturated rings. The highest BCUT2D eigenvalue weighted by molar-refractivity contribution is 5.93. The van der Waals surface area contributed by atoms with Gasteiger partial charge in [-0.2, -0.15) is 0 Å². The van der Waals surface area contributed by atoms with Gasteiger partial charge in [0.05, 0.1) is 12.2 Å². The number of pyridine rings is 1. The van der Waals surface area contributed by atoms with Gasteiger partial charge in [-0.05, 0) is 30.9 Å². The number of nitrogens with two attached hydrogens (primary N) is 1. The third-order valence-electron chi connectivity index (χ3n) is 2.63. The molecule has 1 aromatic rings. The van der Waals surface area contributed by atoms with Crippen molar-refractivity contribution in [1.29, 1.82) is 0 Å². The lowest BCUT2D eigenvalue weighted by molar-refractivity contribution is 0.0906. The summed E-state index contributed by atoms with van der Waals surface area (Å²) in [6.07, 6.45) is 4.03. The van der Waals surface area contributed by atoms with Crippen LogP contribution in [0.2, 0.25) is 0 Å². The van der Waals surface area contributed by atoms with Gasteiger partial charge >= 0.3 is 0 Å². The number of aromatic nitrogens is 1. The molecule has 0 spiro atoms. The molecule has 1 aliphatic rings. The highest BCUT2D eigenvalue weighted by Gasteiger charge is 2.20. The van der Waals surface area contributed by atoms with Gasteiger partial charge in [-0.3, -0.25) is 4.79 Å². The van der Waals surface area contributed by atoms with Crippen LogP contribution in [0.3, 0.4) is 0 Å². The third kappa shape index (κ3) is 4.03.